The Morgan fingerprint density at radius 3 is 2.47 bits per heavy atom. The lowest BCUT2D eigenvalue weighted by atomic mass is 10.1. The summed E-state index contributed by atoms with van der Waals surface area (Å²) < 4.78 is 4.99. The largest absolute Gasteiger partial charge is 0.383 e. The Balaban J connectivity index is 2.14. The van der Waals surface area contributed by atoms with Crippen LogP contribution in [0.5, 0.6) is 0 Å². The summed E-state index contributed by atoms with van der Waals surface area (Å²) in [7, 11) is 3.90. The Labute approximate surface area is 118 Å². The van der Waals surface area contributed by atoms with Crippen LogP contribution in [0.2, 0.25) is 0 Å². The zero-order valence-electron chi connectivity index (χ0n) is 12.6. The van der Waals surface area contributed by atoms with E-state index in [4.69, 9.17) is 4.74 Å². The molecule has 0 fully saturated rings. The number of ether oxygens (including phenoxy) is 1. The molecule has 0 aliphatic carbocycles. The molecule has 0 aromatic heterocycles. The van der Waals surface area contributed by atoms with E-state index in [9.17, 15) is 0 Å². The van der Waals surface area contributed by atoms with Crippen LogP contribution in [-0.4, -0.2) is 40.4 Å². The van der Waals surface area contributed by atoms with E-state index in [1.165, 1.54) is 24.1 Å². The van der Waals surface area contributed by atoms with Gasteiger partial charge in [0.2, 0.25) is 0 Å². The van der Waals surface area contributed by atoms with Crippen molar-refractivity contribution in [2.75, 3.05) is 45.3 Å². The Bertz CT molecular complexity index is 324. The molecule has 0 amide bonds. The molecule has 0 saturated heterocycles. The van der Waals surface area contributed by atoms with Crippen molar-refractivity contribution >= 4 is 5.69 Å². The molecule has 1 aromatic rings. The van der Waals surface area contributed by atoms with E-state index in [0.717, 1.165) is 32.7 Å². The van der Waals surface area contributed by atoms with Crippen LogP contribution in [0.15, 0.2) is 24.3 Å². The first-order valence-corrected chi connectivity index (χ1v) is 7.27. The quantitative estimate of drug-likeness (QED) is 0.658. The normalized spacial score (nSPS) is 10.7. The fraction of sp³-hybridized carbons (Fsp3) is 0.625. The van der Waals surface area contributed by atoms with Crippen molar-refractivity contribution in [1.29, 1.82) is 0 Å². The van der Waals surface area contributed by atoms with Crippen LogP contribution in [-0.2, 0) is 11.2 Å². The van der Waals surface area contributed by atoms with Gasteiger partial charge in [0.15, 0.2) is 0 Å². The Morgan fingerprint density at radius 2 is 1.84 bits per heavy atom. The third-order valence-electron chi connectivity index (χ3n) is 3.37. The van der Waals surface area contributed by atoms with Crippen LogP contribution in [0.4, 0.5) is 5.69 Å². The van der Waals surface area contributed by atoms with Crippen molar-refractivity contribution in [3.63, 3.8) is 0 Å². The minimum atomic E-state index is 0.795. The van der Waals surface area contributed by atoms with Crippen molar-refractivity contribution < 1.29 is 4.74 Å². The van der Waals surface area contributed by atoms with Gasteiger partial charge in [0, 0.05) is 32.9 Å². The van der Waals surface area contributed by atoms with Crippen molar-refractivity contribution in [1.82, 2.24) is 5.32 Å². The third-order valence-corrected chi connectivity index (χ3v) is 3.37. The Kier molecular flexibility index (Phi) is 8.26. The van der Waals surface area contributed by atoms with E-state index < -0.39 is 0 Å². The number of nitrogens with zero attached hydrogens (tertiary/aromatic N) is 1. The van der Waals surface area contributed by atoms with Crippen molar-refractivity contribution in [2.45, 2.75) is 26.2 Å². The monoisotopic (exact) mass is 264 g/mol. The van der Waals surface area contributed by atoms with E-state index >= 15 is 0 Å². The fourth-order valence-corrected chi connectivity index (χ4v) is 2.01. The van der Waals surface area contributed by atoms with Gasteiger partial charge in [-0.25, -0.2) is 0 Å². The number of hydrogen-bond donors (Lipinski definition) is 1. The third kappa shape index (κ3) is 6.60. The summed E-state index contributed by atoms with van der Waals surface area (Å²) in [5, 5.41) is 3.37. The van der Waals surface area contributed by atoms with E-state index in [0.29, 0.717) is 0 Å². The van der Waals surface area contributed by atoms with Gasteiger partial charge < -0.3 is 15.0 Å². The van der Waals surface area contributed by atoms with Crippen LogP contribution >= 0.6 is 0 Å². The fourth-order valence-electron chi connectivity index (χ4n) is 2.01. The first kappa shape index (κ1) is 16.0. The standard InChI is InChI=1S/C16H28N2O/c1-4-15-7-9-16(10-8-15)18(2)13-6-5-11-17-12-14-19-3/h7-10,17H,4-6,11-14H2,1-3H3. The number of benzene rings is 1. The van der Waals surface area contributed by atoms with Gasteiger partial charge in [0.25, 0.3) is 0 Å². The molecule has 3 nitrogen and oxygen atoms in total. The molecule has 0 aliphatic heterocycles. The summed E-state index contributed by atoms with van der Waals surface area (Å²) in [5.74, 6) is 0. The minimum Gasteiger partial charge on any atom is -0.383 e. The van der Waals surface area contributed by atoms with Crippen LogP contribution in [0.3, 0.4) is 0 Å². The summed E-state index contributed by atoms with van der Waals surface area (Å²) in [4.78, 5) is 2.33. The number of unbranched alkanes of at least 4 members (excludes halogenated alkanes) is 1. The molecule has 108 valence electrons. The summed E-state index contributed by atoms with van der Waals surface area (Å²) in [6.45, 7) is 6.12. The zero-order valence-corrected chi connectivity index (χ0v) is 12.6. The molecule has 0 spiro atoms. The van der Waals surface area contributed by atoms with E-state index in [1.807, 2.05) is 0 Å². The molecule has 1 rings (SSSR count). The maximum atomic E-state index is 4.99. The average molecular weight is 264 g/mol. The second-order valence-corrected chi connectivity index (χ2v) is 4.89. The molecule has 0 aliphatic rings. The molecule has 0 saturated carbocycles. The number of anilines is 1. The summed E-state index contributed by atoms with van der Waals surface area (Å²) in [5.41, 5.74) is 2.71. The zero-order chi connectivity index (χ0) is 13.9. The first-order valence-electron chi connectivity index (χ1n) is 7.27. The molecule has 3 heteroatoms. The molecular formula is C16H28N2O. The maximum absolute atomic E-state index is 4.99. The van der Waals surface area contributed by atoms with Gasteiger partial charge in [-0.2, -0.15) is 0 Å². The number of hydrogen-bond acceptors (Lipinski definition) is 3. The molecule has 19 heavy (non-hydrogen) atoms. The predicted octanol–water partition coefficient (Wildman–Crippen LogP) is 2.70. The minimum absolute atomic E-state index is 0.795. The highest BCUT2D eigenvalue weighted by molar-refractivity contribution is 5.46. The van der Waals surface area contributed by atoms with E-state index in [2.05, 4.69) is 48.5 Å². The van der Waals surface area contributed by atoms with Crippen molar-refractivity contribution in [2.24, 2.45) is 0 Å². The van der Waals surface area contributed by atoms with Crippen molar-refractivity contribution in [3.8, 4) is 0 Å². The SMILES string of the molecule is CCc1ccc(N(C)CCCCNCCOC)cc1. The van der Waals surface area contributed by atoms with Crippen molar-refractivity contribution in [3.05, 3.63) is 29.8 Å². The Morgan fingerprint density at radius 1 is 1.11 bits per heavy atom. The maximum Gasteiger partial charge on any atom is 0.0587 e. The van der Waals surface area contributed by atoms with Gasteiger partial charge in [-0.1, -0.05) is 19.1 Å². The smallest absolute Gasteiger partial charge is 0.0587 e. The van der Waals surface area contributed by atoms with Crippen LogP contribution in [0.1, 0.15) is 25.3 Å². The highest BCUT2D eigenvalue weighted by Crippen LogP contribution is 2.14. The van der Waals surface area contributed by atoms with E-state index in [-0.39, 0.29) is 0 Å². The molecule has 0 atom stereocenters. The average Bonchev–Trinajstić information content (AvgIpc) is 2.46. The van der Waals surface area contributed by atoms with Crippen LogP contribution in [0.25, 0.3) is 0 Å². The summed E-state index contributed by atoms with van der Waals surface area (Å²) >= 11 is 0. The second-order valence-electron chi connectivity index (χ2n) is 4.89. The second kappa shape index (κ2) is 9.82. The van der Waals surface area contributed by atoms with E-state index in [1.54, 1.807) is 7.11 Å². The summed E-state index contributed by atoms with van der Waals surface area (Å²) in [6.07, 6.45) is 3.53. The topological polar surface area (TPSA) is 24.5 Å². The van der Waals surface area contributed by atoms with Gasteiger partial charge in [-0.05, 0) is 43.5 Å². The highest BCUT2D eigenvalue weighted by atomic mass is 16.5. The van der Waals surface area contributed by atoms with Gasteiger partial charge in [-0.3, -0.25) is 0 Å². The van der Waals surface area contributed by atoms with Crippen LogP contribution in [0, 0.1) is 0 Å². The van der Waals surface area contributed by atoms with Crippen LogP contribution < -0.4 is 10.2 Å². The van der Waals surface area contributed by atoms with Gasteiger partial charge in [0.05, 0.1) is 6.61 Å². The van der Waals surface area contributed by atoms with Gasteiger partial charge in [-0.15, -0.1) is 0 Å². The Hall–Kier alpha value is -1.06. The number of rotatable bonds is 10. The molecule has 0 heterocycles. The lowest BCUT2D eigenvalue weighted by molar-refractivity contribution is 0.199. The molecular weight excluding hydrogens is 236 g/mol. The highest BCUT2D eigenvalue weighted by Gasteiger charge is 2.00. The molecule has 1 N–H and O–H groups in total. The summed E-state index contributed by atoms with van der Waals surface area (Å²) in [6, 6.07) is 8.88. The number of nitrogens with one attached hydrogen (secondary N) is 1. The number of aryl methyl sites for hydroxylation is 1. The van der Waals surface area contributed by atoms with Gasteiger partial charge in [0.1, 0.15) is 0 Å². The molecule has 1 aromatic carbocycles. The molecule has 0 radical (unpaired) electrons. The first-order chi connectivity index (χ1) is 9.27. The molecule has 0 bridgehead atoms. The molecule has 0 unspecified atom stereocenters. The lowest BCUT2D eigenvalue weighted by Crippen LogP contribution is -2.23. The van der Waals surface area contributed by atoms with Gasteiger partial charge >= 0.3 is 0 Å². The predicted molar refractivity (Wildman–Crippen MR) is 83.1 cm³/mol. The lowest BCUT2D eigenvalue weighted by Gasteiger charge is -2.19. The number of methoxy groups -OCH3 is 1.